The Kier molecular flexibility index (Phi) is 13.5. The molecule has 1 heterocycles. The van der Waals surface area contributed by atoms with E-state index in [0.717, 1.165) is 62.9 Å². The molecule has 0 unspecified atom stereocenters. The first-order valence-corrected chi connectivity index (χ1v) is 21.3. The molecular weight excluding hydrogens is 433 g/mol. The quantitative estimate of drug-likeness (QED) is 0.300. The Balaban J connectivity index is 0.00000784. The Labute approximate surface area is 185 Å². The Morgan fingerprint density at radius 3 is 1.07 bits per heavy atom. The molecule has 0 aromatic carbocycles. The van der Waals surface area contributed by atoms with Crippen molar-refractivity contribution in [3.63, 3.8) is 0 Å². The number of nitrogens with one attached hydrogen (secondary N) is 2. The molecule has 0 saturated carbocycles. The van der Waals surface area contributed by atoms with E-state index in [9.17, 15) is 0 Å². The Bertz CT molecular complexity index is 408. The van der Waals surface area contributed by atoms with Crippen molar-refractivity contribution in [2.24, 2.45) is 0 Å². The fraction of sp³-hybridized carbons (Fsp3) is 1.00. The van der Waals surface area contributed by atoms with E-state index in [4.69, 9.17) is 16.5 Å². The van der Waals surface area contributed by atoms with E-state index >= 15 is 0 Å². The summed E-state index contributed by atoms with van der Waals surface area (Å²) in [6.07, 6.45) is 4.30. The second-order valence-corrected chi connectivity index (χ2v) is 23.2. The summed E-state index contributed by atoms with van der Waals surface area (Å²) in [5, 5.41) is 6.52. The van der Waals surface area contributed by atoms with Crippen molar-refractivity contribution in [2.45, 2.75) is 97.3 Å². The average molecular weight is 483 g/mol. The van der Waals surface area contributed by atoms with Gasteiger partial charge in [-0.05, 0) is 90.4 Å². The normalized spacial score (nSPS) is 35.6. The van der Waals surface area contributed by atoms with Crippen molar-refractivity contribution >= 4 is 34.2 Å². The Morgan fingerprint density at radius 2 is 0.828 bits per heavy atom. The highest BCUT2D eigenvalue weighted by Gasteiger charge is 2.55. The first-order chi connectivity index (χ1) is 13.1. The van der Waals surface area contributed by atoms with Crippen LogP contribution in [0.25, 0.3) is 0 Å². The maximum absolute atomic E-state index is 6.98. The lowest BCUT2D eigenvalue weighted by Gasteiger charge is -2.50. The van der Waals surface area contributed by atoms with Crippen molar-refractivity contribution < 1.29 is 16.5 Å². The maximum Gasteiger partial charge on any atom is 0.317 e. The van der Waals surface area contributed by atoms with E-state index in [1.54, 1.807) is 0 Å². The predicted octanol–water partition coefficient (Wildman–Crippen LogP) is 5.03. The monoisotopic (exact) mass is 482 g/mol. The molecule has 0 bridgehead atoms. The van der Waals surface area contributed by atoms with E-state index in [1.807, 2.05) is 14.1 Å². The zero-order valence-electron chi connectivity index (χ0n) is 19.7. The third kappa shape index (κ3) is 10.2. The molecule has 0 radical (unpaired) electrons. The molecule has 6 nitrogen and oxygen atoms in total. The molecule has 0 aromatic rings. The smallest absolute Gasteiger partial charge is 0.317 e. The summed E-state index contributed by atoms with van der Waals surface area (Å²) >= 11 is 0. The molecule has 1 fully saturated rings. The fourth-order valence-corrected chi connectivity index (χ4v) is 27.9. The van der Waals surface area contributed by atoms with Gasteiger partial charge in [0.2, 0.25) is 0 Å². The zero-order valence-corrected chi connectivity index (χ0v) is 23.7. The van der Waals surface area contributed by atoms with Crippen LogP contribution in [0.4, 0.5) is 0 Å². The van der Waals surface area contributed by atoms with Crippen LogP contribution in [0.5, 0.6) is 0 Å². The van der Waals surface area contributed by atoms with Crippen LogP contribution in [0.1, 0.15) is 47.0 Å². The summed E-state index contributed by atoms with van der Waals surface area (Å²) in [6.45, 7) is 15.4. The maximum atomic E-state index is 6.98. The summed E-state index contributed by atoms with van der Waals surface area (Å²) < 4.78 is 27.9. The van der Waals surface area contributed by atoms with Gasteiger partial charge in [0.15, 0.2) is 0 Å². The first-order valence-electron chi connectivity index (χ1n) is 11.2. The topological polar surface area (TPSA) is 61.0 Å². The van der Waals surface area contributed by atoms with E-state index in [1.165, 1.54) is 0 Å². The molecule has 0 aliphatic carbocycles. The summed E-state index contributed by atoms with van der Waals surface area (Å²) in [5.74, 6) is 0. The largest absolute Gasteiger partial charge is 0.416 e. The van der Waals surface area contributed by atoms with Gasteiger partial charge in [-0.3, -0.25) is 0 Å². The fourth-order valence-electron chi connectivity index (χ4n) is 4.40. The lowest BCUT2D eigenvalue weighted by molar-refractivity contribution is 0.221. The van der Waals surface area contributed by atoms with Gasteiger partial charge in [-0.25, -0.2) is 0 Å². The van der Waals surface area contributed by atoms with Crippen LogP contribution in [0.15, 0.2) is 0 Å². The van der Waals surface area contributed by atoms with Gasteiger partial charge >= 0.3 is 34.2 Å². The summed E-state index contributed by atoms with van der Waals surface area (Å²) in [5.41, 5.74) is 0. The van der Waals surface area contributed by atoms with E-state index in [2.05, 4.69) is 50.7 Å². The molecule has 29 heavy (non-hydrogen) atoms. The van der Waals surface area contributed by atoms with Gasteiger partial charge in [0.1, 0.15) is 0 Å². The van der Waals surface area contributed by atoms with Gasteiger partial charge < -0.3 is 27.1 Å². The van der Waals surface area contributed by atoms with Crippen LogP contribution in [0, 0.1) is 0 Å². The number of rotatable bonds is 12. The van der Waals surface area contributed by atoms with Gasteiger partial charge in [-0.1, -0.05) is 34.1 Å². The van der Waals surface area contributed by atoms with Gasteiger partial charge in [-0.15, -0.1) is 0 Å². The highest BCUT2D eigenvalue weighted by Crippen LogP contribution is 2.38. The number of hydrogen-bond acceptors (Lipinski definition) is 6. The van der Waals surface area contributed by atoms with Crippen LogP contribution < -0.4 is 10.6 Å². The van der Waals surface area contributed by atoms with Gasteiger partial charge in [0.05, 0.1) is 0 Å². The molecule has 1 saturated heterocycles. The molecule has 2 N–H and O–H groups in total. The first kappa shape index (κ1) is 29.6. The Hall–Kier alpha value is 0.628. The summed E-state index contributed by atoms with van der Waals surface area (Å²) in [7, 11) is -5.39. The Morgan fingerprint density at radius 1 is 0.552 bits per heavy atom. The van der Waals surface area contributed by atoms with Crippen LogP contribution in [0.2, 0.25) is 50.4 Å². The molecule has 0 spiro atoms. The molecule has 1 aliphatic rings. The van der Waals surface area contributed by atoms with E-state index in [0.29, 0.717) is 0 Å². The second kappa shape index (κ2) is 13.2. The zero-order chi connectivity index (χ0) is 21.3. The lowest BCUT2D eigenvalue weighted by Crippen LogP contribution is -2.67. The third-order valence-corrected chi connectivity index (χ3v) is 24.4. The predicted molar refractivity (Wildman–Crippen MR) is 134 cm³/mol. The molecule has 10 heteroatoms. The van der Waals surface area contributed by atoms with Crippen molar-refractivity contribution in [2.75, 3.05) is 27.2 Å². The van der Waals surface area contributed by atoms with Gasteiger partial charge in [-0.2, -0.15) is 0 Å². The molecule has 1 aliphatic heterocycles. The third-order valence-electron chi connectivity index (χ3n) is 5.25. The minimum Gasteiger partial charge on any atom is -0.416 e. The SMILES string of the molecule is C.CCC[Si]1(C)O[Si](C)(CCCNC)O[Si](C)(CCC)O[Si](C)(CCCNC)O1. The van der Waals surface area contributed by atoms with Gasteiger partial charge in [0.25, 0.3) is 0 Å². The van der Waals surface area contributed by atoms with Crippen LogP contribution in [0.3, 0.4) is 0 Å². The van der Waals surface area contributed by atoms with Crippen LogP contribution >= 0.6 is 0 Å². The highest BCUT2D eigenvalue weighted by atomic mass is 28.5. The molecule has 1 rings (SSSR count). The van der Waals surface area contributed by atoms with Gasteiger partial charge in [0, 0.05) is 0 Å². The highest BCUT2D eigenvalue weighted by molar-refractivity contribution is 6.93. The van der Waals surface area contributed by atoms with Crippen molar-refractivity contribution in [1.82, 2.24) is 10.6 Å². The molecule has 0 aromatic heterocycles. The van der Waals surface area contributed by atoms with Crippen LogP contribution in [-0.2, 0) is 16.5 Å². The van der Waals surface area contributed by atoms with E-state index < -0.39 is 34.2 Å². The molecule has 0 atom stereocenters. The van der Waals surface area contributed by atoms with Crippen molar-refractivity contribution in [1.29, 1.82) is 0 Å². The average Bonchev–Trinajstić information content (AvgIpc) is 2.53. The standard InChI is InChI=1S/C18H46N2O4Si4.CH4/c1-9-15-25(5)21-27(7,17-11-13-19-3)23-26(6,16-10-2)24-28(8,22-25)18-12-14-20-4;/h19-20H,9-18H2,1-8H3;1H4. The van der Waals surface area contributed by atoms with E-state index in [-0.39, 0.29) is 7.43 Å². The second-order valence-electron chi connectivity index (χ2n) is 8.86. The van der Waals surface area contributed by atoms with Crippen LogP contribution in [-0.4, -0.2) is 61.4 Å². The summed E-state index contributed by atoms with van der Waals surface area (Å²) in [4.78, 5) is 0. The minimum absolute atomic E-state index is 0. The lowest BCUT2D eigenvalue weighted by atomic mass is 10.5. The minimum atomic E-state index is -2.36. The van der Waals surface area contributed by atoms with Crippen molar-refractivity contribution in [3.8, 4) is 0 Å². The molecule has 0 amide bonds. The molecular formula is C19H50N2O4Si4. The summed E-state index contributed by atoms with van der Waals surface area (Å²) in [6, 6.07) is 4.01. The molecule has 176 valence electrons. The number of hydrogen-bond donors (Lipinski definition) is 2. The van der Waals surface area contributed by atoms with Crippen molar-refractivity contribution in [3.05, 3.63) is 0 Å².